The quantitative estimate of drug-likeness (QED) is 0.510. The van der Waals surface area contributed by atoms with Crippen LogP contribution in [-0.4, -0.2) is 17.5 Å². The Morgan fingerprint density at radius 2 is 2.16 bits per heavy atom. The molecular weight excluding hydrogens is 249 g/mol. The molecule has 1 saturated heterocycles. The number of benzene rings is 1. The third-order valence-corrected chi connectivity index (χ3v) is 3.85. The zero-order valence-corrected chi connectivity index (χ0v) is 10.2. The number of hydrogen-bond donors (Lipinski definition) is 3. The fourth-order valence-electron chi connectivity index (χ4n) is 2.80. The molecular formula is C13H14FN3O2. The van der Waals surface area contributed by atoms with Crippen LogP contribution in [0.4, 0.5) is 10.1 Å². The van der Waals surface area contributed by atoms with Gasteiger partial charge in [-0.3, -0.25) is 14.9 Å². The van der Waals surface area contributed by atoms with Crippen LogP contribution in [0.2, 0.25) is 0 Å². The number of alkyl halides is 1. The second kappa shape index (κ2) is 4.03. The van der Waals surface area contributed by atoms with Crippen molar-refractivity contribution in [3.8, 4) is 0 Å². The van der Waals surface area contributed by atoms with Gasteiger partial charge in [0, 0.05) is 25.1 Å². The van der Waals surface area contributed by atoms with Crippen LogP contribution in [0.1, 0.15) is 30.0 Å². The van der Waals surface area contributed by atoms with Crippen molar-refractivity contribution in [2.45, 2.75) is 31.1 Å². The van der Waals surface area contributed by atoms with E-state index in [-0.39, 0.29) is 12.8 Å². The molecule has 3 rings (SSSR count). The molecule has 0 aliphatic carbocycles. The van der Waals surface area contributed by atoms with Crippen LogP contribution in [0.15, 0.2) is 18.2 Å². The number of amides is 2. The maximum absolute atomic E-state index is 15.0. The first-order chi connectivity index (χ1) is 9.02. The number of nitrogens with two attached hydrogens (primary N) is 1. The zero-order chi connectivity index (χ0) is 13.6. The van der Waals surface area contributed by atoms with Crippen molar-refractivity contribution in [1.29, 1.82) is 0 Å². The smallest absolute Gasteiger partial charge is 0.266 e. The number of halogens is 1. The first kappa shape index (κ1) is 12.1. The van der Waals surface area contributed by atoms with Gasteiger partial charge in [0.1, 0.15) is 0 Å². The first-order valence-corrected chi connectivity index (χ1v) is 6.16. The van der Waals surface area contributed by atoms with Crippen LogP contribution in [0.5, 0.6) is 0 Å². The summed E-state index contributed by atoms with van der Waals surface area (Å²) in [6.07, 6.45) is -0.0956. The van der Waals surface area contributed by atoms with Gasteiger partial charge < -0.3 is 11.1 Å². The molecule has 5 nitrogen and oxygen atoms in total. The van der Waals surface area contributed by atoms with E-state index in [0.717, 1.165) is 5.56 Å². The van der Waals surface area contributed by atoms with E-state index in [1.54, 1.807) is 18.2 Å². The van der Waals surface area contributed by atoms with Crippen molar-refractivity contribution in [1.82, 2.24) is 10.6 Å². The van der Waals surface area contributed by atoms with E-state index in [0.29, 0.717) is 17.8 Å². The van der Waals surface area contributed by atoms with Crippen LogP contribution in [-0.2, 0) is 16.1 Å². The van der Waals surface area contributed by atoms with Crippen LogP contribution < -0.4 is 16.4 Å². The molecule has 2 heterocycles. The van der Waals surface area contributed by atoms with E-state index in [9.17, 15) is 14.0 Å². The van der Waals surface area contributed by atoms with Crippen molar-refractivity contribution >= 4 is 17.5 Å². The van der Waals surface area contributed by atoms with Gasteiger partial charge in [-0.2, -0.15) is 0 Å². The van der Waals surface area contributed by atoms with Gasteiger partial charge in [0.05, 0.1) is 6.04 Å². The Morgan fingerprint density at radius 3 is 2.89 bits per heavy atom. The number of piperidine rings is 1. The summed E-state index contributed by atoms with van der Waals surface area (Å²) < 4.78 is 15.0. The third kappa shape index (κ3) is 1.71. The topological polar surface area (TPSA) is 84.2 Å². The average Bonchev–Trinajstić information content (AvgIpc) is 2.80. The molecule has 0 aromatic heterocycles. The Kier molecular flexibility index (Phi) is 2.56. The molecule has 0 spiro atoms. The van der Waals surface area contributed by atoms with Gasteiger partial charge in [-0.25, -0.2) is 4.39 Å². The number of rotatable bonds is 1. The van der Waals surface area contributed by atoms with Gasteiger partial charge >= 0.3 is 0 Å². The number of nitrogens with one attached hydrogen (secondary N) is 2. The molecule has 1 aromatic rings. The first-order valence-electron chi connectivity index (χ1n) is 6.16. The van der Waals surface area contributed by atoms with Crippen LogP contribution in [0, 0.1) is 0 Å². The summed E-state index contributed by atoms with van der Waals surface area (Å²) in [5, 5.41) is 5.06. The Balaban J connectivity index is 1.99. The highest BCUT2D eigenvalue weighted by Gasteiger charge is 2.52. The summed E-state index contributed by atoms with van der Waals surface area (Å²) in [7, 11) is 0. The summed E-state index contributed by atoms with van der Waals surface area (Å²) in [5.74, 6) is -1.29. The largest absolute Gasteiger partial charge is 0.398 e. The van der Waals surface area contributed by atoms with E-state index < -0.39 is 23.5 Å². The average molecular weight is 263 g/mol. The lowest BCUT2D eigenvalue weighted by molar-refractivity contribution is -0.145. The van der Waals surface area contributed by atoms with E-state index in [1.165, 1.54) is 0 Å². The normalized spacial score (nSPS) is 30.1. The molecule has 2 amide bonds. The lowest BCUT2D eigenvalue weighted by Crippen LogP contribution is -2.55. The van der Waals surface area contributed by atoms with Crippen molar-refractivity contribution in [2.75, 3.05) is 5.73 Å². The lowest BCUT2D eigenvalue weighted by Gasteiger charge is -2.33. The summed E-state index contributed by atoms with van der Waals surface area (Å²) in [6, 6.07) is 4.50. The van der Waals surface area contributed by atoms with Crippen LogP contribution >= 0.6 is 0 Å². The van der Waals surface area contributed by atoms with E-state index >= 15 is 0 Å². The molecule has 6 heteroatoms. The number of carbonyl (C=O) groups is 2. The van der Waals surface area contributed by atoms with Crippen molar-refractivity contribution in [3.63, 3.8) is 0 Å². The predicted molar refractivity (Wildman–Crippen MR) is 66.7 cm³/mol. The van der Waals surface area contributed by atoms with Crippen LogP contribution in [0.25, 0.3) is 0 Å². The summed E-state index contributed by atoms with van der Waals surface area (Å²) in [5.41, 5.74) is 5.86. The number of anilines is 1. The lowest BCUT2D eigenvalue weighted by atomic mass is 9.83. The van der Waals surface area contributed by atoms with Crippen molar-refractivity contribution in [2.24, 2.45) is 0 Å². The number of fused-ring (bicyclic) bond motifs is 1. The molecule has 2 aliphatic rings. The van der Waals surface area contributed by atoms with Gasteiger partial charge in [0.2, 0.25) is 11.6 Å². The van der Waals surface area contributed by atoms with E-state index in [2.05, 4.69) is 10.6 Å². The minimum Gasteiger partial charge on any atom is -0.398 e. The Labute approximate surface area is 109 Å². The Hall–Kier alpha value is -1.95. The molecule has 1 fully saturated rings. The minimum absolute atomic E-state index is 0.0120. The number of carbonyl (C=O) groups excluding carboxylic acids is 2. The highest BCUT2D eigenvalue weighted by molar-refractivity contribution is 6.02. The fourth-order valence-corrected chi connectivity index (χ4v) is 2.80. The molecule has 100 valence electrons. The van der Waals surface area contributed by atoms with Crippen molar-refractivity contribution in [3.05, 3.63) is 29.3 Å². The molecule has 19 heavy (non-hydrogen) atoms. The summed E-state index contributed by atoms with van der Waals surface area (Å²) >= 11 is 0. The van der Waals surface area contributed by atoms with Gasteiger partial charge in [-0.1, -0.05) is 12.1 Å². The summed E-state index contributed by atoms with van der Waals surface area (Å²) in [4.78, 5) is 23.0. The molecule has 0 saturated carbocycles. The standard InChI is InChI=1S/C13H14FN3O2/c14-13(5-4-10(18)17-12(13)19)11-7-2-1-3-9(15)8(7)6-16-11/h1-3,11,16H,4-6,15H2,(H,17,18,19). The molecule has 4 N–H and O–H groups in total. The molecule has 1 aromatic carbocycles. The highest BCUT2D eigenvalue weighted by Crippen LogP contribution is 2.41. The van der Waals surface area contributed by atoms with E-state index in [4.69, 9.17) is 5.73 Å². The predicted octanol–water partition coefficient (Wildman–Crippen LogP) is 0.558. The third-order valence-electron chi connectivity index (χ3n) is 3.85. The van der Waals surface area contributed by atoms with Crippen molar-refractivity contribution < 1.29 is 14.0 Å². The van der Waals surface area contributed by atoms with Gasteiger partial charge in [0.15, 0.2) is 0 Å². The molecule has 2 aliphatic heterocycles. The van der Waals surface area contributed by atoms with Gasteiger partial charge in [0.25, 0.3) is 5.91 Å². The maximum Gasteiger partial charge on any atom is 0.266 e. The number of nitrogen functional groups attached to an aromatic ring is 1. The second-order valence-corrected chi connectivity index (χ2v) is 4.97. The Morgan fingerprint density at radius 1 is 1.37 bits per heavy atom. The van der Waals surface area contributed by atoms with Gasteiger partial charge in [-0.05, 0) is 17.2 Å². The maximum atomic E-state index is 15.0. The minimum atomic E-state index is -2.10. The molecule has 2 unspecified atom stereocenters. The summed E-state index contributed by atoms with van der Waals surface area (Å²) in [6.45, 7) is 0.430. The number of imide groups is 1. The molecule has 2 atom stereocenters. The second-order valence-electron chi connectivity index (χ2n) is 4.97. The van der Waals surface area contributed by atoms with Gasteiger partial charge in [-0.15, -0.1) is 0 Å². The zero-order valence-electron chi connectivity index (χ0n) is 10.2. The Bertz CT molecular complexity index is 575. The SMILES string of the molecule is Nc1cccc2c1CNC2C1(F)CCC(=O)NC1=O. The molecule has 0 radical (unpaired) electrons. The molecule has 0 bridgehead atoms. The highest BCUT2D eigenvalue weighted by atomic mass is 19.1. The number of hydrogen-bond acceptors (Lipinski definition) is 4. The fraction of sp³-hybridized carbons (Fsp3) is 0.385. The van der Waals surface area contributed by atoms with Crippen LogP contribution in [0.3, 0.4) is 0 Å². The monoisotopic (exact) mass is 263 g/mol. The van der Waals surface area contributed by atoms with E-state index in [1.807, 2.05) is 0 Å².